The summed E-state index contributed by atoms with van der Waals surface area (Å²) in [5.41, 5.74) is 0. The molecule has 0 rings (SSSR count). The van der Waals surface area contributed by atoms with Crippen molar-refractivity contribution in [2.75, 3.05) is 0 Å². The third-order valence-corrected chi connectivity index (χ3v) is 3.51. The minimum absolute atomic E-state index is 0. The van der Waals surface area contributed by atoms with Crippen LogP contribution in [0.25, 0.3) is 0 Å². The maximum Gasteiger partial charge on any atom is 1.00 e. The molecular formula is C18H37NaO4S. The Morgan fingerprint density at radius 3 is 1.46 bits per heavy atom. The van der Waals surface area contributed by atoms with Gasteiger partial charge in [0.05, 0.1) is 0 Å². The summed E-state index contributed by atoms with van der Waals surface area (Å²) in [4.78, 5) is 0. The molecule has 0 aliphatic rings. The molecule has 0 spiro atoms. The van der Waals surface area contributed by atoms with Gasteiger partial charge in [-0.2, -0.15) is 14.8 Å². The van der Waals surface area contributed by atoms with Crippen molar-refractivity contribution in [3.63, 3.8) is 0 Å². The van der Waals surface area contributed by atoms with Crippen LogP contribution in [0.2, 0.25) is 0 Å². The number of hydrogen-bond acceptors (Lipinski definition) is 2. The quantitative estimate of drug-likeness (QED) is 0.161. The largest absolute Gasteiger partial charge is 1.00 e. The SMILES string of the molecule is O=S(=O)(O)O.[CH2-]CCCCCCCC=CCCCCCCCC.[Na+]. The Labute approximate surface area is 172 Å². The molecular weight excluding hydrogens is 335 g/mol. The predicted molar refractivity (Wildman–Crippen MR) is 99.0 cm³/mol. The fraction of sp³-hybridized carbons (Fsp3) is 0.833. The summed E-state index contributed by atoms with van der Waals surface area (Å²) >= 11 is 0. The van der Waals surface area contributed by atoms with Gasteiger partial charge in [0, 0.05) is 0 Å². The minimum atomic E-state index is -4.67. The second-order valence-electron chi connectivity index (χ2n) is 5.89. The van der Waals surface area contributed by atoms with Crippen molar-refractivity contribution in [3.05, 3.63) is 19.1 Å². The van der Waals surface area contributed by atoms with E-state index in [1.807, 2.05) is 0 Å². The van der Waals surface area contributed by atoms with Gasteiger partial charge in [0.25, 0.3) is 0 Å². The molecule has 0 fully saturated rings. The van der Waals surface area contributed by atoms with E-state index in [9.17, 15) is 0 Å². The van der Waals surface area contributed by atoms with Crippen molar-refractivity contribution in [3.8, 4) is 0 Å². The topological polar surface area (TPSA) is 74.6 Å². The molecule has 0 aromatic carbocycles. The van der Waals surface area contributed by atoms with Gasteiger partial charge in [-0.25, -0.2) is 0 Å². The molecule has 0 saturated heterocycles. The van der Waals surface area contributed by atoms with Crippen LogP contribution >= 0.6 is 0 Å². The van der Waals surface area contributed by atoms with E-state index < -0.39 is 10.4 Å². The van der Waals surface area contributed by atoms with Crippen LogP contribution in [0.5, 0.6) is 0 Å². The fourth-order valence-corrected chi connectivity index (χ4v) is 2.25. The molecule has 24 heavy (non-hydrogen) atoms. The van der Waals surface area contributed by atoms with E-state index in [2.05, 4.69) is 26.0 Å². The summed E-state index contributed by atoms with van der Waals surface area (Å²) in [6, 6.07) is 0. The average molecular weight is 373 g/mol. The van der Waals surface area contributed by atoms with Gasteiger partial charge in [-0.1, -0.05) is 76.9 Å². The molecule has 0 aromatic heterocycles. The van der Waals surface area contributed by atoms with E-state index >= 15 is 0 Å². The van der Waals surface area contributed by atoms with Crippen LogP contribution in [-0.4, -0.2) is 17.5 Å². The van der Waals surface area contributed by atoms with Crippen LogP contribution in [0.15, 0.2) is 12.2 Å². The van der Waals surface area contributed by atoms with Gasteiger partial charge in [-0.05, 0) is 25.7 Å². The van der Waals surface area contributed by atoms with Gasteiger partial charge in [0.15, 0.2) is 0 Å². The van der Waals surface area contributed by atoms with Crippen molar-refractivity contribution in [2.24, 2.45) is 0 Å². The van der Waals surface area contributed by atoms with E-state index in [0.717, 1.165) is 6.42 Å². The molecule has 6 heteroatoms. The number of unbranched alkanes of at least 4 members (excludes halogenated alkanes) is 12. The molecule has 0 aromatic rings. The van der Waals surface area contributed by atoms with Crippen molar-refractivity contribution < 1.29 is 47.1 Å². The zero-order chi connectivity index (χ0) is 17.8. The smallest absolute Gasteiger partial charge is 0.343 e. The van der Waals surface area contributed by atoms with Gasteiger partial charge in [-0.3, -0.25) is 9.11 Å². The summed E-state index contributed by atoms with van der Waals surface area (Å²) in [5.74, 6) is 0. The van der Waals surface area contributed by atoms with Crippen molar-refractivity contribution in [2.45, 2.75) is 96.8 Å². The number of hydrogen-bond donors (Lipinski definition) is 2. The van der Waals surface area contributed by atoms with Gasteiger partial charge in [-0.15, -0.1) is 0 Å². The van der Waals surface area contributed by atoms with Gasteiger partial charge >= 0.3 is 40.0 Å². The normalized spacial score (nSPS) is 11.0. The Morgan fingerprint density at radius 2 is 1.08 bits per heavy atom. The summed E-state index contributed by atoms with van der Waals surface area (Å²) in [6.45, 7) is 6.15. The van der Waals surface area contributed by atoms with Gasteiger partial charge in [0.1, 0.15) is 0 Å². The maximum atomic E-state index is 8.74. The van der Waals surface area contributed by atoms with Gasteiger partial charge in [0.2, 0.25) is 0 Å². The minimum Gasteiger partial charge on any atom is -0.343 e. The first kappa shape index (κ1) is 29.4. The molecule has 4 nitrogen and oxygen atoms in total. The maximum absolute atomic E-state index is 8.74. The second kappa shape index (κ2) is 23.6. The van der Waals surface area contributed by atoms with Crippen molar-refractivity contribution >= 4 is 10.4 Å². The Kier molecular flexibility index (Phi) is 28.9. The zero-order valence-electron chi connectivity index (χ0n) is 15.9. The van der Waals surface area contributed by atoms with E-state index in [0.29, 0.717) is 0 Å². The van der Waals surface area contributed by atoms with Crippen LogP contribution in [0, 0.1) is 6.92 Å². The van der Waals surface area contributed by atoms with Crippen LogP contribution in [-0.2, 0) is 10.4 Å². The van der Waals surface area contributed by atoms with Crippen molar-refractivity contribution in [1.29, 1.82) is 0 Å². The molecule has 0 unspecified atom stereocenters. The third-order valence-electron chi connectivity index (χ3n) is 3.51. The molecule has 0 atom stereocenters. The van der Waals surface area contributed by atoms with Crippen LogP contribution in [0.4, 0.5) is 0 Å². The molecule has 0 aliphatic heterocycles. The molecule has 0 aliphatic carbocycles. The second-order valence-corrected chi connectivity index (χ2v) is 6.78. The Hall–Kier alpha value is 0.610. The van der Waals surface area contributed by atoms with Crippen LogP contribution in [0.3, 0.4) is 0 Å². The molecule has 0 saturated carbocycles. The number of rotatable bonds is 14. The monoisotopic (exact) mass is 372 g/mol. The summed E-state index contributed by atoms with van der Waals surface area (Å²) in [7, 11) is -4.67. The Bertz CT molecular complexity index is 317. The van der Waals surface area contributed by atoms with E-state index in [1.54, 1.807) is 0 Å². The Morgan fingerprint density at radius 1 is 0.750 bits per heavy atom. The fourth-order valence-electron chi connectivity index (χ4n) is 2.25. The first-order chi connectivity index (χ1) is 10.9. The molecule has 2 N–H and O–H groups in total. The Balaban J connectivity index is -0.000000639. The first-order valence-electron chi connectivity index (χ1n) is 9.06. The number of allylic oxidation sites excluding steroid dienone is 2. The molecule has 0 heterocycles. The van der Waals surface area contributed by atoms with Crippen molar-refractivity contribution in [1.82, 2.24) is 0 Å². The molecule has 0 radical (unpaired) electrons. The summed E-state index contributed by atoms with van der Waals surface area (Å²) in [6.07, 6.45) is 23.8. The third kappa shape index (κ3) is 43.3. The van der Waals surface area contributed by atoms with E-state index in [-0.39, 0.29) is 29.6 Å². The molecule has 0 bridgehead atoms. The van der Waals surface area contributed by atoms with E-state index in [1.165, 1.54) is 83.5 Å². The first-order valence-corrected chi connectivity index (χ1v) is 10.5. The average Bonchev–Trinajstić information content (AvgIpc) is 2.46. The van der Waals surface area contributed by atoms with Crippen LogP contribution in [0.1, 0.15) is 96.8 Å². The summed E-state index contributed by atoms with van der Waals surface area (Å²) < 4.78 is 31.6. The van der Waals surface area contributed by atoms with Gasteiger partial charge < -0.3 is 6.92 Å². The standard InChI is InChI=1S/C18H35.Na.H2O4S/c1-3-5-7-9-11-13-15-17-18-16-14-12-10-8-6-4-2;;1-5(2,3)4/h17-18H,1,3-16H2,2H3;;(H2,1,2,3,4)/q-1;+1;. The van der Waals surface area contributed by atoms with Crippen LogP contribution < -0.4 is 29.6 Å². The molecule has 0 amide bonds. The zero-order valence-corrected chi connectivity index (χ0v) is 18.7. The summed E-state index contributed by atoms with van der Waals surface area (Å²) in [5, 5.41) is 0. The van der Waals surface area contributed by atoms with E-state index in [4.69, 9.17) is 17.5 Å². The predicted octanol–water partition coefficient (Wildman–Crippen LogP) is 3.21. The molecule has 140 valence electrons.